The summed E-state index contributed by atoms with van der Waals surface area (Å²) in [6.45, 7) is 11.7. The van der Waals surface area contributed by atoms with Crippen molar-refractivity contribution in [2.45, 2.75) is 40.5 Å². The summed E-state index contributed by atoms with van der Waals surface area (Å²) >= 11 is 0. The fourth-order valence-electron chi connectivity index (χ4n) is 1.42. The SMILES string of the molecule is C=CC1=C(/C(C)=C\C)CCC(=O)N1.CC. The molecule has 2 nitrogen and oxygen atoms in total. The van der Waals surface area contributed by atoms with E-state index in [9.17, 15) is 4.79 Å². The number of carbonyl (C=O) groups is 1. The van der Waals surface area contributed by atoms with E-state index >= 15 is 0 Å². The van der Waals surface area contributed by atoms with Crippen molar-refractivity contribution < 1.29 is 4.79 Å². The van der Waals surface area contributed by atoms with E-state index in [1.54, 1.807) is 6.08 Å². The summed E-state index contributed by atoms with van der Waals surface area (Å²) in [6.07, 6.45) is 5.16. The summed E-state index contributed by atoms with van der Waals surface area (Å²) in [5, 5.41) is 2.81. The first-order valence-corrected chi connectivity index (χ1v) is 5.47. The third kappa shape index (κ3) is 3.74. The number of nitrogens with one attached hydrogen (secondary N) is 1. The Morgan fingerprint density at radius 3 is 2.47 bits per heavy atom. The molecular formula is C13H21NO. The van der Waals surface area contributed by atoms with Crippen molar-refractivity contribution in [3.05, 3.63) is 35.6 Å². The van der Waals surface area contributed by atoms with Crippen molar-refractivity contribution >= 4 is 5.91 Å². The smallest absolute Gasteiger partial charge is 0.224 e. The lowest BCUT2D eigenvalue weighted by Crippen LogP contribution is -2.27. The van der Waals surface area contributed by atoms with Gasteiger partial charge in [0.15, 0.2) is 0 Å². The van der Waals surface area contributed by atoms with Crippen LogP contribution in [0.2, 0.25) is 0 Å². The zero-order valence-electron chi connectivity index (χ0n) is 10.2. The highest BCUT2D eigenvalue weighted by Gasteiger charge is 2.15. The second-order valence-electron chi connectivity index (χ2n) is 3.12. The van der Waals surface area contributed by atoms with Crippen LogP contribution in [0.4, 0.5) is 0 Å². The van der Waals surface area contributed by atoms with Crippen LogP contribution in [0.3, 0.4) is 0 Å². The summed E-state index contributed by atoms with van der Waals surface area (Å²) in [7, 11) is 0. The standard InChI is InChI=1S/C11H15NO.C2H6/c1-4-8(3)9-6-7-11(13)12-10(9)5-2;1-2/h4-5H,2,6-7H2,1,3H3,(H,12,13);1-2H3/b8-4-;. The van der Waals surface area contributed by atoms with Crippen LogP contribution < -0.4 is 5.32 Å². The number of allylic oxidation sites excluding steroid dienone is 4. The molecule has 0 bridgehead atoms. The van der Waals surface area contributed by atoms with E-state index in [1.807, 2.05) is 20.8 Å². The van der Waals surface area contributed by atoms with Gasteiger partial charge in [-0.2, -0.15) is 0 Å². The van der Waals surface area contributed by atoms with Gasteiger partial charge >= 0.3 is 0 Å². The summed E-state index contributed by atoms with van der Waals surface area (Å²) < 4.78 is 0. The molecule has 1 aliphatic rings. The number of hydrogen-bond acceptors (Lipinski definition) is 1. The highest BCUT2D eigenvalue weighted by molar-refractivity contribution is 5.81. The average Bonchev–Trinajstić information content (AvgIpc) is 2.30. The van der Waals surface area contributed by atoms with Gasteiger partial charge in [-0.05, 0) is 31.9 Å². The predicted octanol–water partition coefficient (Wildman–Crippen LogP) is 3.33. The third-order valence-electron chi connectivity index (χ3n) is 2.31. The highest BCUT2D eigenvalue weighted by Crippen LogP contribution is 2.22. The van der Waals surface area contributed by atoms with E-state index in [-0.39, 0.29) is 5.91 Å². The summed E-state index contributed by atoms with van der Waals surface area (Å²) in [5.41, 5.74) is 3.29. The first kappa shape index (κ1) is 13.7. The predicted molar refractivity (Wildman–Crippen MR) is 65.4 cm³/mol. The fraction of sp³-hybridized carbons (Fsp3) is 0.462. The molecule has 15 heavy (non-hydrogen) atoms. The van der Waals surface area contributed by atoms with Gasteiger partial charge in [-0.1, -0.05) is 32.1 Å². The maximum absolute atomic E-state index is 11.1. The quantitative estimate of drug-likeness (QED) is 0.739. The van der Waals surface area contributed by atoms with Crippen LogP contribution in [0.5, 0.6) is 0 Å². The van der Waals surface area contributed by atoms with E-state index in [2.05, 4.69) is 24.9 Å². The van der Waals surface area contributed by atoms with Crippen molar-refractivity contribution in [2.24, 2.45) is 0 Å². The topological polar surface area (TPSA) is 29.1 Å². The van der Waals surface area contributed by atoms with Gasteiger partial charge in [-0.3, -0.25) is 4.79 Å². The van der Waals surface area contributed by atoms with E-state index in [1.165, 1.54) is 11.1 Å². The molecule has 1 aliphatic heterocycles. The molecule has 0 saturated carbocycles. The Hall–Kier alpha value is -1.31. The molecule has 0 aromatic rings. The van der Waals surface area contributed by atoms with E-state index in [0.29, 0.717) is 6.42 Å². The number of rotatable bonds is 2. The van der Waals surface area contributed by atoms with Crippen LogP contribution in [0, 0.1) is 0 Å². The molecule has 0 unspecified atom stereocenters. The summed E-state index contributed by atoms with van der Waals surface area (Å²) in [6, 6.07) is 0. The Bertz CT molecular complexity index is 298. The van der Waals surface area contributed by atoms with Gasteiger partial charge in [-0.15, -0.1) is 0 Å². The fourth-order valence-corrected chi connectivity index (χ4v) is 1.42. The first-order valence-electron chi connectivity index (χ1n) is 5.47. The van der Waals surface area contributed by atoms with Crippen LogP contribution in [0.15, 0.2) is 35.6 Å². The Balaban J connectivity index is 0.000000921. The molecule has 1 amide bonds. The maximum atomic E-state index is 11.1. The minimum absolute atomic E-state index is 0.0857. The van der Waals surface area contributed by atoms with Gasteiger partial charge in [0.2, 0.25) is 5.91 Å². The zero-order valence-corrected chi connectivity index (χ0v) is 10.2. The second kappa shape index (κ2) is 7.04. The van der Waals surface area contributed by atoms with Crippen molar-refractivity contribution in [1.82, 2.24) is 5.32 Å². The van der Waals surface area contributed by atoms with Gasteiger partial charge in [0.1, 0.15) is 0 Å². The minimum atomic E-state index is 0.0857. The van der Waals surface area contributed by atoms with Crippen LogP contribution in [-0.2, 0) is 4.79 Å². The van der Waals surface area contributed by atoms with Gasteiger partial charge in [0.25, 0.3) is 0 Å². The lowest BCUT2D eigenvalue weighted by atomic mass is 9.96. The van der Waals surface area contributed by atoms with Gasteiger partial charge < -0.3 is 5.32 Å². The molecule has 1 rings (SSSR count). The molecule has 0 aromatic carbocycles. The summed E-state index contributed by atoms with van der Waals surface area (Å²) in [4.78, 5) is 11.1. The highest BCUT2D eigenvalue weighted by atomic mass is 16.1. The molecule has 0 saturated heterocycles. The molecule has 1 heterocycles. The van der Waals surface area contributed by atoms with Crippen molar-refractivity contribution in [3.8, 4) is 0 Å². The van der Waals surface area contributed by atoms with Crippen molar-refractivity contribution in [3.63, 3.8) is 0 Å². The molecule has 0 spiro atoms. The lowest BCUT2D eigenvalue weighted by molar-refractivity contribution is -0.120. The third-order valence-corrected chi connectivity index (χ3v) is 2.31. The van der Waals surface area contributed by atoms with E-state index in [4.69, 9.17) is 0 Å². The Kier molecular flexibility index (Phi) is 6.43. The zero-order chi connectivity index (χ0) is 11.8. The molecule has 2 heteroatoms. The van der Waals surface area contributed by atoms with Crippen LogP contribution in [0.1, 0.15) is 40.5 Å². The molecule has 0 fully saturated rings. The van der Waals surface area contributed by atoms with Crippen molar-refractivity contribution in [2.75, 3.05) is 0 Å². The summed E-state index contributed by atoms with van der Waals surface area (Å²) in [5.74, 6) is 0.0857. The first-order chi connectivity index (χ1) is 7.19. The van der Waals surface area contributed by atoms with Crippen molar-refractivity contribution in [1.29, 1.82) is 0 Å². The molecule has 0 atom stereocenters. The van der Waals surface area contributed by atoms with Crippen LogP contribution in [-0.4, -0.2) is 5.91 Å². The largest absolute Gasteiger partial charge is 0.326 e. The number of carbonyl (C=O) groups excluding carboxylic acids is 1. The number of amides is 1. The Morgan fingerprint density at radius 2 is 2.00 bits per heavy atom. The lowest BCUT2D eigenvalue weighted by Gasteiger charge is -2.19. The van der Waals surface area contributed by atoms with Crippen LogP contribution in [0.25, 0.3) is 0 Å². The van der Waals surface area contributed by atoms with Gasteiger partial charge in [0, 0.05) is 12.1 Å². The van der Waals surface area contributed by atoms with Gasteiger partial charge in [-0.25, -0.2) is 0 Å². The monoisotopic (exact) mass is 207 g/mol. The normalized spacial score (nSPS) is 16.5. The average molecular weight is 207 g/mol. The van der Waals surface area contributed by atoms with E-state index in [0.717, 1.165) is 12.1 Å². The molecule has 0 aliphatic carbocycles. The Morgan fingerprint density at radius 1 is 1.40 bits per heavy atom. The molecule has 84 valence electrons. The molecular weight excluding hydrogens is 186 g/mol. The number of hydrogen-bond donors (Lipinski definition) is 1. The van der Waals surface area contributed by atoms with Gasteiger partial charge in [0.05, 0.1) is 0 Å². The van der Waals surface area contributed by atoms with E-state index < -0.39 is 0 Å². The second-order valence-corrected chi connectivity index (χ2v) is 3.12. The minimum Gasteiger partial charge on any atom is -0.326 e. The van der Waals surface area contributed by atoms with Crippen LogP contribution >= 0.6 is 0 Å². The molecule has 0 radical (unpaired) electrons. The maximum Gasteiger partial charge on any atom is 0.224 e. The molecule has 0 aromatic heterocycles. The Labute approximate surface area is 92.8 Å². The molecule has 1 N–H and O–H groups in total.